The third-order valence-electron chi connectivity index (χ3n) is 3.71. The van der Waals surface area contributed by atoms with Gasteiger partial charge >= 0.3 is 0 Å². The lowest BCUT2D eigenvalue weighted by atomic mass is 9.88. The van der Waals surface area contributed by atoms with E-state index in [1.165, 1.54) is 16.8 Å². The molecular weight excluding hydrogens is 280 g/mol. The maximum absolute atomic E-state index is 5.35. The zero-order chi connectivity index (χ0) is 15.6. The van der Waals surface area contributed by atoms with Crippen LogP contribution in [0.15, 0.2) is 29.4 Å². The van der Waals surface area contributed by atoms with Gasteiger partial charge in [-0.1, -0.05) is 12.1 Å². The van der Waals surface area contributed by atoms with Crippen LogP contribution in [0.3, 0.4) is 0 Å². The Hall–Kier alpha value is -1.88. The number of nitrogens with two attached hydrogens (primary N) is 1. The number of thiocarbonyl (C=S) groups is 1. The molecule has 0 saturated heterocycles. The summed E-state index contributed by atoms with van der Waals surface area (Å²) in [6, 6.07) is 6.35. The smallest absolute Gasteiger partial charge is 0.184 e. The molecule has 0 fully saturated rings. The maximum atomic E-state index is 5.35. The molecule has 3 N–H and O–H groups in total. The minimum atomic E-state index is 0.0364. The average molecular weight is 302 g/mol. The van der Waals surface area contributed by atoms with Crippen LogP contribution in [0.2, 0.25) is 0 Å². The Balaban J connectivity index is 2.38. The second-order valence-electron chi connectivity index (χ2n) is 5.74. The molecule has 0 unspecified atom stereocenters. The number of hydrogen-bond acceptors (Lipinski definition) is 3. The van der Waals surface area contributed by atoms with E-state index < -0.39 is 0 Å². The summed E-state index contributed by atoms with van der Waals surface area (Å²) < 4.78 is 0. The van der Waals surface area contributed by atoms with Gasteiger partial charge in [0.15, 0.2) is 5.11 Å². The predicted molar refractivity (Wildman–Crippen MR) is 94.7 cm³/mol. The molecule has 112 valence electrons. The Kier molecular flexibility index (Phi) is 4.32. The Labute approximate surface area is 131 Å². The van der Waals surface area contributed by atoms with Gasteiger partial charge in [0.25, 0.3) is 0 Å². The van der Waals surface area contributed by atoms with Crippen LogP contribution in [0, 0.1) is 0 Å². The number of rotatable bonds is 3. The molecule has 0 amide bonds. The van der Waals surface area contributed by atoms with Gasteiger partial charge in [-0.05, 0) is 63.2 Å². The number of likely N-dealkylation sites (N-methyl/N-ethyl adjacent to an activating group) is 1. The molecule has 0 radical (unpaired) electrons. The lowest BCUT2D eigenvalue weighted by Crippen LogP contribution is -2.44. The molecule has 1 aliphatic rings. The SMILES string of the molecule is CCN1c2ccc(/C=N\NC(N)=S)cc2C(C)=CC1(C)C. The molecule has 1 aliphatic heterocycles. The summed E-state index contributed by atoms with van der Waals surface area (Å²) in [6.07, 6.45) is 4.04. The zero-order valence-corrected chi connectivity index (χ0v) is 13.8. The van der Waals surface area contributed by atoms with Crippen LogP contribution in [0.4, 0.5) is 5.69 Å². The van der Waals surface area contributed by atoms with Crippen molar-refractivity contribution in [3.05, 3.63) is 35.4 Å². The van der Waals surface area contributed by atoms with Gasteiger partial charge in [0.2, 0.25) is 0 Å². The fourth-order valence-corrected chi connectivity index (χ4v) is 2.98. The van der Waals surface area contributed by atoms with E-state index in [1.807, 2.05) is 0 Å². The van der Waals surface area contributed by atoms with Crippen molar-refractivity contribution in [2.75, 3.05) is 11.4 Å². The molecule has 21 heavy (non-hydrogen) atoms. The molecule has 0 atom stereocenters. The fourth-order valence-electron chi connectivity index (χ4n) is 2.93. The van der Waals surface area contributed by atoms with Crippen molar-refractivity contribution in [3.8, 4) is 0 Å². The first-order valence-electron chi connectivity index (χ1n) is 7.05. The molecule has 1 aromatic carbocycles. The number of hydrazone groups is 1. The molecule has 0 bridgehead atoms. The first-order chi connectivity index (χ1) is 9.85. The average Bonchev–Trinajstić information content (AvgIpc) is 2.38. The van der Waals surface area contributed by atoms with E-state index in [0.717, 1.165) is 12.1 Å². The summed E-state index contributed by atoms with van der Waals surface area (Å²) in [5, 5.41) is 4.17. The Morgan fingerprint density at radius 1 is 1.48 bits per heavy atom. The summed E-state index contributed by atoms with van der Waals surface area (Å²) in [6.45, 7) is 9.79. The predicted octanol–water partition coefficient (Wildman–Crippen LogP) is 2.88. The summed E-state index contributed by atoms with van der Waals surface area (Å²) in [4.78, 5) is 2.41. The molecular formula is C16H22N4S. The highest BCUT2D eigenvalue weighted by Crippen LogP contribution is 2.38. The summed E-state index contributed by atoms with van der Waals surface area (Å²) in [5.74, 6) is 0. The fraction of sp³-hybridized carbons (Fsp3) is 0.375. The minimum Gasteiger partial charge on any atom is -0.375 e. The quantitative estimate of drug-likeness (QED) is 0.512. The number of nitrogens with one attached hydrogen (secondary N) is 1. The summed E-state index contributed by atoms with van der Waals surface area (Å²) in [7, 11) is 0. The molecule has 0 aromatic heterocycles. The lowest BCUT2D eigenvalue weighted by Gasteiger charge is -2.42. The highest BCUT2D eigenvalue weighted by Gasteiger charge is 2.29. The number of hydrogen-bond donors (Lipinski definition) is 2. The van der Waals surface area contributed by atoms with Gasteiger partial charge in [-0.15, -0.1) is 0 Å². The van der Waals surface area contributed by atoms with Crippen molar-refractivity contribution in [1.82, 2.24) is 5.43 Å². The molecule has 2 rings (SSSR count). The van der Waals surface area contributed by atoms with Crippen molar-refractivity contribution < 1.29 is 0 Å². The number of fused-ring (bicyclic) bond motifs is 1. The second-order valence-corrected chi connectivity index (χ2v) is 6.18. The molecule has 1 heterocycles. The van der Waals surface area contributed by atoms with Crippen molar-refractivity contribution in [2.45, 2.75) is 33.2 Å². The van der Waals surface area contributed by atoms with E-state index in [9.17, 15) is 0 Å². The number of nitrogens with zero attached hydrogens (tertiary/aromatic N) is 2. The van der Waals surface area contributed by atoms with Gasteiger partial charge in [-0.2, -0.15) is 5.10 Å². The van der Waals surface area contributed by atoms with Gasteiger partial charge in [0.05, 0.1) is 11.8 Å². The molecule has 1 aromatic rings. The van der Waals surface area contributed by atoms with Crippen molar-refractivity contribution in [2.24, 2.45) is 10.8 Å². The van der Waals surface area contributed by atoms with Crippen molar-refractivity contribution in [1.29, 1.82) is 0 Å². The van der Waals surface area contributed by atoms with Crippen LogP contribution in [0.5, 0.6) is 0 Å². The third-order valence-corrected chi connectivity index (χ3v) is 3.80. The molecule has 0 spiro atoms. The maximum Gasteiger partial charge on any atom is 0.184 e. The van der Waals surface area contributed by atoms with Crippen LogP contribution >= 0.6 is 12.2 Å². The molecule has 0 aliphatic carbocycles. The van der Waals surface area contributed by atoms with Crippen LogP contribution in [0.1, 0.15) is 38.8 Å². The summed E-state index contributed by atoms with van der Waals surface area (Å²) in [5.41, 5.74) is 12.8. The van der Waals surface area contributed by atoms with Crippen LogP contribution < -0.4 is 16.1 Å². The molecule has 5 heteroatoms. The Morgan fingerprint density at radius 2 is 2.19 bits per heavy atom. The van der Waals surface area contributed by atoms with Crippen LogP contribution in [0.25, 0.3) is 5.57 Å². The number of benzene rings is 1. The first kappa shape index (κ1) is 15.5. The number of allylic oxidation sites excluding steroid dienone is 1. The standard InChI is InChI=1S/C16H22N4S/c1-5-20-14-7-6-12(10-18-19-15(17)21)8-13(14)11(2)9-16(20,3)4/h6-10H,5H2,1-4H3,(H3,17,19,21)/b18-10-. The van der Waals surface area contributed by atoms with E-state index >= 15 is 0 Å². The third kappa shape index (κ3) is 3.24. The zero-order valence-electron chi connectivity index (χ0n) is 13.0. The molecule has 4 nitrogen and oxygen atoms in total. The largest absolute Gasteiger partial charge is 0.375 e. The van der Waals surface area contributed by atoms with E-state index in [-0.39, 0.29) is 10.7 Å². The minimum absolute atomic E-state index is 0.0364. The van der Waals surface area contributed by atoms with E-state index in [1.54, 1.807) is 6.21 Å². The Bertz CT molecular complexity index is 617. The second kappa shape index (κ2) is 5.85. The highest BCUT2D eigenvalue weighted by molar-refractivity contribution is 7.80. The first-order valence-corrected chi connectivity index (χ1v) is 7.46. The van der Waals surface area contributed by atoms with Gasteiger partial charge in [0, 0.05) is 17.8 Å². The Morgan fingerprint density at radius 3 is 2.81 bits per heavy atom. The van der Waals surface area contributed by atoms with Crippen LogP contribution in [-0.2, 0) is 0 Å². The van der Waals surface area contributed by atoms with E-state index in [2.05, 4.69) is 67.4 Å². The summed E-state index contributed by atoms with van der Waals surface area (Å²) >= 11 is 4.72. The number of anilines is 1. The van der Waals surface area contributed by atoms with Crippen molar-refractivity contribution >= 4 is 34.8 Å². The van der Waals surface area contributed by atoms with Gasteiger partial charge in [-0.25, -0.2) is 0 Å². The monoisotopic (exact) mass is 302 g/mol. The lowest BCUT2D eigenvalue weighted by molar-refractivity contribution is 0.566. The van der Waals surface area contributed by atoms with Gasteiger partial charge in [-0.3, -0.25) is 5.43 Å². The highest BCUT2D eigenvalue weighted by atomic mass is 32.1. The van der Waals surface area contributed by atoms with Crippen LogP contribution in [-0.4, -0.2) is 23.4 Å². The van der Waals surface area contributed by atoms with Gasteiger partial charge < -0.3 is 10.6 Å². The van der Waals surface area contributed by atoms with Gasteiger partial charge in [0.1, 0.15) is 0 Å². The van der Waals surface area contributed by atoms with Crippen molar-refractivity contribution in [3.63, 3.8) is 0 Å². The van der Waals surface area contributed by atoms with E-state index in [0.29, 0.717) is 0 Å². The topological polar surface area (TPSA) is 53.6 Å². The normalized spacial score (nSPS) is 16.6. The molecule has 0 saturated carbocycles. The van der Waals surface area contributed by atoms with E-state index in [4.69, 9.17) is 18.0 Å².